The Bertz CT molecular complexity index is 553. The van der Waals surface area contributed by atoms with Crippen molar-refractivity contribution in [3.05, 3.63) is 41.5 Å². The van der Waals surface area contributed by atoms with E-state index in [0.717, 1.165) is 18.4 Å². The molecule has 1 aromatic carbocycles. The summed E-state index contributed by atoms with van der Waals surface area (Å²) in [6, 6.07) is 7.03. The van der Waals surface area contributed by atoms with E-state index in [4.69, 9.17) is 5.11 Å². The molecule has 0 radical (unpaired) electrons. The SMILES string of the molecule is C[C@H](CO)NC(=O)c1cccc(/C=C\CCCC(=O)N(C)C)c1. The number of amides is 2. The highest BCUT2D eigenvalue weighted by molar-refractivity contribution is 5.94. The van der Waals surface area contributed by atoms with Crippen LogP contribution >= 0.6 is 0 Å². The van der Waals surface area contributed by atoms with E-state index in [0.29, 0.717) is 12.0 Å². The van der Waals surface area contributed by atoms with Crippen LogP contribution in [0.1, 0.15) is 42.1 Å². The van der Waals surface area contributed by atoms with Crippen LogP contribution in [0.25, 0.3) is 6.08 Å². The van der Waals surface area contributed by atoms with Crippen molar-refractivity contribution in [2.75, 3.05) is 20.7 Å². The number of benzene rings is 1. The lowest BCUT2D eigenvalue weighted by Gasteiger charge is -2.10. The third-order valence-corrected chi connectivity index (χ3v) is 3.37. The second-order valence-electron chi connectivity index (χ2n) is 5.77. The maximum atomic E-state index is 12.0. The number of hydrogen-bond donors (Lipinski definition) is 2. The first-order chi connectivity index (χ1) is 10.9. The minimum atomic E-state index is -0.268. The zero-order valence-corrected chi connectivity index (χ0v) is 14.1. The maximum absolute atomic E-state index is 12.0. The minimum absolute atomic E-state index is 0.0863. The molecule has 0 saturated heterocycles. The molecular formula is C18H26N2O3. The summed E-state index contributed by atoms with van der Waals surface area (Å²) in [5.41, 5.74) is 1.50. The van der Waals surface area contributed by atoms with Gasteiger partial charge in [-0.25, -0.2) is 0 Å². The van der Waals surface area contributed by atoms with E-state index in [9.17, 15) is 9.59 Å². The van der Waals surface area contributed by atoms with Crippen molar-refractivity contribution in [3.63, 3.8) is 0 Å². The quantitative estimate of drug-likeness (QED) is 0.721. The predicted octanol–water partition coefficient (Wildman–Crippen LogP) is 2.07. The normalized spacial score (nSPS) is 12.2. The molecule has 0 aliphatic carbocycles. The van der Waals surface area contributed by atoms with Gasteiger partial charge in [-0.3, -0.25) is 9.59 Å². The third kappa shape index (κ3) is 7.10. The van der Waals surface area contributed by atoms with Gasteiger partial charge in [-0.05, 0) is 37.5 Å². The molecule has 5 nitrogen and oxygen atoms in total. The molecule has 23 heavy (non-hydrogen) atoms. The second-order valence-corrected chi connectivity index (χ2v) is 5.77. The van der Waals surface area contributed by atoms with Crippen LogP contribution < -0.4 is 5.32 Å². The molecule has 0 heterocycles. The van der Waals surface area contributed by atoms with Crippen LogP contribution in [0, 0.1) is 0 Å². The molecule has 0 aliphatic rings. The van der Waals surface area contributed by atoms with Gasteiger partial charge in [0.05, 0.1) is 6.61 Å². The van der Waals surface area contributed by atoms with E-state index >= 15 is 0 Å². The Morgan fingerprint density at radius 1 is 1.35 bits per heavy atom. The Morgan fingerprint density at radius 3 is 2.74 bits per heavy atom. The highest BCUT2D eigenvalue weighted by atomic mass is 16.3. The summed E-state index contributed by atoms with van der Waals surface area (Å²) in [6.45, 7) is 1.66. The highest BCUT2D eigenvalue weighted by Gasteiger charge is 2.08. The molecule has 126 valence electrons. The van der Waals surface area contributed by atoms with E-state index in [1.54, 1.807) is 38.1 Å². The van der Waals surface area contributed by atoms with E-state index in [1.165, 1.54) is 0 Å². The lowest BCUT2D eigenvalue weighted by Crippen LogP contribution is -2.34. The first kappa shape index (κ1) is 18.9. The van der Waals surface area contributed by atoms with Gasteiger partial charge in [0, 0.05) is 32.1 Å². The van der Waals surface area contributed by atoms with Gasteiger partial charge in [-0.2, -0.15) is 0 Å². The van der Waals surface area contributed by atoms with Crippen LogP contribution in [-0.2, 0) is 4.79 Å². The number of unbranched alkanes of at least 4 members (excludes halogenated alkanes) is 1. The van der Waals surface area contributed by atoms with Gasteiger partial charge < -0.3 is 15.3 Å². The fourth-order valence-electron chi connectivity index (χ4n) is 1.95. The van der Waals surface area contributed by atoms with Crippen LogP contribution in [0.2, 0.25) is 0 Å². The van der Waals surface area contributed by atoms with Crippen molar-refractivity contribution in [1.82, 2.24) is 10.2 Å². The van der Waals surface area contributed by atoms with Crippen LogP contribution in [0.4, 0.5) is 0 Å². The van der Waals surface area contributed by atoms with Crippen molar-refractivity contribution in [2.45, 2.75) is 32.2 Å². The van der Waals surface area contributed by atoms with Gasteiger partial charge in [-0.1, -0.05) is 24.3 Å². The molecule has 2 N–H and O–H groups in total. The average molecular weight is 318 g/mol. The fraction of sp³-hybridized carbons (Fsp3) is 0.444. The number of nitrogens with one attached hydrogen (secondary N) is 1. The molecule has 0 fully saturated rings. The predicted molar refractivity (Wildman–Crippen MR) is 92.0 cm³/mol. The number of aliphatic hydroxyl groups is 1. The third-order valence-electron chi connectivity index (χ3n) is 3.37. The average Bonchev–Trinajstić information content (AvgIpc) is 2.54. The summed E-state index contributed by atoms with van der Waals surface area (Å²) >= 11 is 0. The van der Waals surface area contributed by atoms with Crippen molar-refractivity contribution in [3.8, 4) is 0 Å². The number of aliphatic hydroxyl groups excluding tert-OH is 1. The number of allylic oxidation sites excluding steroid dienone is 1. The molecule has 0 spiro atoms. The van der Waals surface area contributed by atoms with Crippen LogP contribution in [0.3, 0.4) is 0 Å². The number of nitrogens with zero attached hydrogens (tertiary/aromatic N) is 1. The van der Waals surface area contributed by atoms with Gasteiger partial charge in [0.15, 0.2) is 0 Å². The van der Waals surface area contributed by atoms with Crippen molar-refractivity contribution >= 4 is 17.9 Å². The molecule has 1 atom stereocenters. The van der Waals surface area contributed by atoms with Crippen molar-refractivity contribution in [1.29, 1.82) is 0 Å². The Morgan fingerprint density at radius 2 is 2.09 bits per heavy atom. The van der Waals surface area contributed by atoms with Gasteiger partial charge >= 0.3 is 0 Å². The Labute approximate surface area is 138 Å². The number of carbonyl (C=O) groups excluding carboxylic acids is 2. The first-order valence-corrected chi connectivity index (χ1v) is 7.82. The van der Waals surface area contributed by atoms with Gasteiger partial charge in [0.2, 0.25) is 5.91 Å². The summed E-state index contributed by atoms with van der Waals surface area (Å²) in [4.78, 5) is 25.0. The topological polar surface area (TPSA) is 69.6 Å². The standard InChI is InChI=1S/C18H26N2O3/c1-14(13-21)19-18(23)16-10-7-9-15(12-16)8-5-4-6-11-17(22)20(2)3/h5,7-10,12,14,21H,4,6,11,13H2,1-3H3,(H,19,23)/b8-5-/t14-/m1/s1. The molecular weight excluding hydrogens is 292 g/mol. The summed E-state index contributed by atoms with van der Waals surface area (Å²) < 4.78 is 0. The molecule has 1 aromatic rings. The lowest BCUT2D eigenvalue weighted by atomic mass is 10.1. The highest BCUT2D eigenvalue weighted by Crippen LogP contribution is 2.09. The Hall–Kier alpha value is -2.14. The maximum Gasteiger partial charge on any atom is 0.251 e. The zero-order valence-electron chi connectivity index (χ0n) is 14.1. The van der Waals surface area contributed by atoms with Crippen LogP contribution in [0.5, 0.6) is 0 Å². The number of carbonyl (C=O) groups is 2. The molecule has 2 amide bonds. The molecule has 1 rings (SSSR count). The summed E-state index contributed by atoms with van der Waals surface area (Å²) in [7, 11) is 3.51. The summed E-state index contributed by atoms with van der Waals surface area (Å²) in [5, 5.41) is 11.7. The molecule has 0 aliphatic heterocycles. The number of hydrogen-bond acceptors (Lipinski definition) is 3. The van der Waals surface area contributed by atoms with E-state index in [-0.39, 0.29) is 24.5 Å². The van der Waals surface area contributed by atoms with E-state index in [1.807, 2.05) is 24.3 Å². The van der Waals surface area contributed by atoms with Crippen molar-refractivity contribution in [2.24, 2.45) is 0 Å². The largest absolute Gasteiger partial charge is 0.394 e. The summed E-state index contributed by atoms with van der Waals surface area (Å²) in [6.07, 6.45) is 6.13. The van der Waals surface area contributed by atoms with Crippen LogP contribution in [-0.4, -0.2) is 48.6 Å². The molecule has 0 saturated carbocycles. The Kier molecular flexibility index (Phi) is 8.05. The van der Waals surface area contributed by atoms with Crippen LogP contribution in [0.15, 0.2) is 30.3 Å². The number of rotatable bonds is 8. The smallest absolute Gasteiger partial charge is 0.251 e. The van der Waals surface area contributed by atoms with Crippen molar-refractivity contribution < 1.29 is 14.7 Å². The lowest BCUT2D eigenvalue weighted by molar-refractivity contribution is -0.128. The Balaban J connectivity index is 2.52. The molecule has 0 bridgehead atoms. The van der Waals surface area contributed by atoms with Gasteiger partial charge in [0.25, 0.3) is 5.91 Å². The van der Waals surface area contributed by atoms with Gasteiger partial charge in [0.1, 0.15) is 0 Å². The van der Waals surface area contributed by atoms with E-state index in [2.05, 4.69) is 5.32 Å². The van der Waals surface area contributed by atoms with E-state index < -0.39 is 0 Å². The molecule has 0 aromatic heterocycles. The first-order valence-electron chi connectivity index (χ1n) is 7.82. The molecule has 0 unspecified atom stereocenters. The van der Waals surface area contributed by atoms with Gasteiger partial charge in [-0.15, -0.1) is 0 Å². The monoisotopic (exact) mass is 318 g/mol. The fourth-order valence-corrected chi connectivity index (χ4v) is 1.95. The summed E-state index contributed by atoms with van der Waals surface area (Å²) in [5.74, 6) is -0.0616. The zero-order chi connectivity index (χ0) is 17.2. The minimum Gasteiger partial charge on any atom is -0.394 e. The second kappa shape index (κ2) is 9.79. The molecule has 5 heteroatoms.